The van der Waals surface area contributed by atoms with Crippen LogP contribution in [0, 0.1) is 17.5 Å². The van der Waals surface area contributed by atoms with Crippen molar-refractivity contribution in [2.75, 3.05) is 18.0 Å². The molecule has 0 saturated heterocycles. The smallest absolute Gasteiger partial charge is 0.156 e. The fraction of sp³-hybridized carbons (Fsp3) is 0.222. The molecule has 6 rings (SSSR count). The number of aromatic nitrogens is 7. The first-order chi connectivity index (χ1) is 18.7. The van der Waals surface area contributed by atoms with Gasteiger partial charge in [-0.05, 0) is 25.0 Å². The van der Waals surface area contributed by atoms with Crippen LogP contribution < -0.4 is 4.90 Å². The van der Waals surface area contributed by atoms with Crippen molar-refractivity contribution >= 4 is 16.9 Å². The highest BCUT2D eigenvalue weighted by Crippen LogP contribution is 2.34. The number of anilines is 1. The van der Waals surface area contributed by atoms with E-state index in [-0.39, 0.29) is 5.56 Å². The summed E-state index contributed by atoms with van der Waals surface area (Å²) in [5, 5.41) is 19.5. The second kappa shape index (κ2) is 9.31. The summed E-state index contributed by atoms with van der Waals surface area (Å²) in [7, 11) is 1.87. The summed E-state index contributed by atoms with van der Waals surface area (Å²) in [5.74, 6) is -2.20. The molecule has 12 heteroatoms. The maximum absolute atomic E-state index is 14.3. The van der Waals surface area contributed by atoms with Crippen LogP contribution in [0.25, 0.3) is 22.2 Å². The van der Waals surface area contributed by atoms with E-state index in [1.54, 1.807) is 15.4 Å². The Bertz CT molecular complexity index is 1700. The standard InChI is InChI=1S/C27H23F3N8O/c1-27(39,24-21(29)8-20(28)9-22(24)30)19-11-31-25(32-12-19)16-3-5-37(6-4-16)26-23-7-17(14-38(23)35-15-33-26)18-10-34-36(2)13-18/h3,7-15,39H,4-6H2,1-2H3. The second-order valence-electron chi connectivity index (χ2n) is 9.58. The summed E-state index contributed by atoms with van der Waals surface area (Å²) in [6.45, 7) is 2.43. The van der Waals surface area contributed by atoms with Crippen LogP contribution in [-0.2, 0) is 12.6 Å². The highest BCUT2D eigenvalue weighted by molar-refractivity contribution is 5.78. The van der Waals surface area contributed by atoms with E-state index in [1.165, 1.54) is 25.6 Å². The molecule has 4 aromatic heterocycles. The maximum Gasteiger partial charge on any atom is 0.156 e. The van der Waals surface area contributed by atoms with Crippen LogP contribution in [0.1, 0.15) is 30.3 Å². The molecule has 198 valence electrons. The molecule has 5 aromatic rings. The largest absolute Gasteiger partial charge is 0.380 e. The van der Waals surface area contributed by atoms with Gasteiger partial charge in [-0.1, -0.05) is 6.08 Å². The second-order valence-corrected chi connectivity index (χ2v) is 9.58. The van der Waals surface area contributed by atoms with Crippen LogP contribution in [0.4, 0.5) is 19.0 Å². The molecule has 1 aliphatic heterocycles. The number of hydrogen-bond acceptors (Lipinski definition) is 7. The van der Waals surface area contributed by atoms with Crippen molar-refractivity contribution in [1.82, 2.24) is 34.3 Å². The van der Waals surface area contributed by atoms with Crippen LogP contribution in [0.2, 0.25) is 0 Å². The van der Waals surface area contributed by atoms with Crippen molar-refractivity contribution in [3.63, 3.8) is 0 Å². The van der Waals surface area contributed by atoms with E-state index in [1.807, 2.05) is 31.6 Å². The van der Waals surface area contributed by atoms with E-state index in [9.17, 15) is 18.3 Å². The van der Waals surface area contributed by atoms with Gasteiger partial charge in [0.2, 0.25) is 0 Å². The zero-order valence-corrected chi connectivity index (χ0v) is 21.1. The Kier molecular flexibility index (Phi) is 5.91. The number of rotatable bonds is 5. The molecule has 1 unspecified atom stereocenters. The predicted octanol–water partition coefficient (Wildman–Crippen LogP) is 3.89. The molecule has 1 N–H and O–H groups in total. The van der Waals surface area contributed by atoms with Gasteiger partial charge in [0.15, 0.2) is 11.6 Å². The Morgan fingerprint density at radius 1 is 0.923 bits per heavy atom. The van der Waals surface area contributed by atoms with Gasteiger partial charge in [0.25, 0.3) is 0 Å². The SMILES string of the molecule is Cn1cc(-c2cc3c(N4CC=C(c5ncc(C(C)(O)c6c(F)cc(F)cc6F)cn5)CC4)ncnn3c2)cn1. The van der Waals surface area contributed by atoms with E-state index < -0.39 is 28.6 Å². The number of aliphatic hydroxyl groups is 1. The van der Waals surface area contributed by atoms with Crippen LogP contribution in [-0.4, -0.2) is 52.5 Å². The topological polar surface area (TPSA) is 97.3 Å². The van der Waals surface area contributed by atoms with E-state index >= 15 is 0 Å². The lowest BCUT2D eigenvalue weighted by molar-refractivity contribution is 0.0923. The van der Waals surface area contributed by atoms with Gasteiger partial charge >= 0.3 is 0 Å². The minimum atomic E-state index is -2.09. The summed E-state index contributed by atoms with van der Waals surface area (Å²) >= 11 is 0. The van der Waals surface area contributed by atoms with Gasteiger partial charge in [-0.25, -0.2) is 32.6 Å². The van der Waals surface area contributed by atoms with Gasteiger partial charge in [-0.15, -0.1) is 0 Å². The van der Waals surface area contributed by atoms with E-state index in [0.717, 1.165) is 28.0 Å². The molecule has 1 aliphatic rings. The van der Waals surface area contributed by atoms with Crippen molar-refractivity contribution in [1.29, 1.82) is 0 Å². The van der Waals surface area contributed by atoms with Crippen molar-refractivity contribution in [3.8, 4) is 11.1 Å². The summed E-state index contributed by atoms with van der Waals surface area (Å²) in [6, 6.07) is 3.09. The van der Waals surface area contributed by atoms with Gasteiger partial charge < -0.3 is 10.0 Å². The number of hydrogen-bond donors (Lipinski definition) is 1. The van der Waals surface area contributed by atoms with E-state index in [2.05, 4.69) is 30.0 Å². The molecule has 39 heavy (non-hydrogen) atoms. The average molecular weight is 533 g/mol. The molecule has 0 saturated carbocycles. The molecule has 1 atom stereocenters. The Labute approximate surface area is 220 Å². The monoisotopic (exact) mass is 532 g/mol. The number of fused-ring (bicyclic) bond motifs is 1. The lowest BCUT2D eigenvalue weighted by atomic mass is 9.89. The summed E-state index contributed by atoms with van der Waals surface area (Å²) < 4.78 is 45.5. The van der Waals surface area contributed by atoms with Gasteiger partial charge in [0.1, 0.15) is 34.9 Å². The number of nitrogens with zero attached hydrogens (tertiary/aromatic N) is 8. The zero-order valence-electron chi connectivity index (χ0n) is 21.1. The molecule has 0 aliphatic carbocycles. The van der Waals surface area contributed by atoms with Crippen LogP contribution >= 0.6 is 0 Å². The third-order valence-electron chi connectivity index (χ3n) is 6.93. The first-order valence-corrected chi connectivity index (χ1v) is 12.2. The van der Waals surface area contributed by atoms with Gasteiger partial charge in [-0.2, -0.15) is 10.2 Å². The first kappa shape index (κ1) is 24.7. The lowest BCUT2D eigenvalue weighted by Crippen LogP contribution is -2.30. The molecular formula is C27H23F3N8O. The molecule has 9 nitrogen and oxygen atoms in total. The molecule has 0 amide bonds. The average Bonchev–Trinajstić information content (AvgIpc) is 3.54. The van der Waals surface area contributed by atoms with Crippen molar-refractivity contribution in [2.24, 2.45) is 7.05 Å². The molecule has 0 fully saturated rings. The quantitative estimate of drug-likeness (QED) is 0.367. The van der Waals surface area contributed by atoms with Crippen molar-refractivity contribution in [2.45, 2.75) is 18.9 Å². The Balaban J connectivity index is 1.23. The minimum absolute atomic E-state index is 0.0784. The number of halogens is 3. The molecule has 0 radical (unpaired) electrons. The van der Waals surface area contributed by atoms with E-state index in [0.29, 0.717) is 37.5 Å². The minimum Gasteiger partial charge on any atom is -0.380 e. The Hall–Kier alpha value is -4.58. The van der Waals surface area contributed by atoms with Crippen molar-refractivity contribution in [3.05, 3.63) is 96.0 Å². The van der Waals surface area contributed by atoms with E-state index in [4.69, 9.17) is 0 Å². The number of aryl methyl sites for hydroxylation is 1. The normalized spacial score (nSPS) is 15.4. The lowest BCUT2D eigenvalue weighted by Gasteiger charge is -2.28. The first-order valence-electron chi connectivity index (χ1n) is 12.2. The third kappa shape index (κ3) is 4.42. The predicted molar refractivity (Wildman–Crippen MR) is 137 cm³/mol. The summed E-state index contributed by atoms with van der Waals surface area (Å²) in [4.78, 5) is 15.3. The third-order valence-corrected chi connectivity index (χ3v) is 6.93. The fourth-order valence-electron chi connectivity index (χ4n) is 4.85. The molecule has 0 bridgehead atoms. The van der Waals surface area contributed by atoms with Crippen LogP contribution in [0.15, 0.2) is 61.6 Å². The van der Waals surface area contributed by atoms with Crippen LogP contribution in [0.3, 0.4) is 0 Å². The summed E-state index contributed by atoms with van der Waals surface area (Å²) in [6.07, 6.45) is 12.5. The summed E-state index contributed by atoms with van der Waals surface area (Å²) in [5.41, 5.74) is 1.06. The van der Waals surface area contributed by atoms with Gasteiger partial charge in [-0.3, -0.25) is 4.68 Å². The number of benzene rings is 1. The fourth-order valence-corrected chi connectivity index (χ4v) is 4.85. The van der Waals surface area contributed by atoms with Crippen LogP contribution in [0.5, 0.6) is 0 Å². The zero-order chi connectivity index (χ0) is 27.3. The van der Waals surface area contributed by atoms with Gasteiger partial charge in [0, 0.05) is 73.7 Å². The molecule has 0 spiro atoms. The Morgan fingerprint density at radius 3 is 2.31 bits per heavy atom. The molecular weight excluding hydrogens is 509 g/mol. The van der Waals surface area contributed by atoms with Crippen molar-refractivity contribution < 1.29 is 18.3 Å². The highest BCUT2D eigenvalue weighted by atomic mass is 19.1. The highest BCUT2D eigenvalue weighted by Gasteiger charge is 2.33. The Morgan fingerprint density at radius 2 is 1.67 bits per heavy atom. The van der Waals surface area contributed by atoms with Gasteiger partial charge in [0.05, 0.1) is 11.8 Å². The maximum atomic E-state index is 14.3. The molecule has 1 aromatic carbocycles. The molecule has 5 heterocycles.